The van der Waals surface area contributed by atoms with Gasteiger partial charge in [0.1, 0.15) is 5.69 Å². The molecule has 0 bridgehead atoms. The minimum absolute atomic E-state index is 0.00495. The van der Waals surface area contributed by atoms with Crippen LogP contribution in [-0.4, -0.2) is 23.0 Å². The third-order valence-electron chi connectivity index (χ3n) is 2.83. The summed E-state index contributed by atoms with van der Waals surface area (Å²) in [7, 11) is 0. The first kappa shape index (κ1) is 13.5. The van der Waals surface area contributed by atoms with Crippen LogP contribution in [0.3, 0.4) is 0 Å². The highest BCUT2D eigenvalue weighted by Gasteiger charge is 2.23. The van der Waals surface area contributed by atoms with Gasteiger partial charge in [0.05, 0.1) is 12.0 Å². The standard InChI is InChI=1S/C14H19N3O2/c1-9(2)19-14-12(4-3-7-16-14)17-13(18)10-5-6-11(15)8-10/h3-7,9-11H,8,15H2,1-2H3,(H,17,18). The molecule has 2 rings (SSSR count). The zero-order chi connectivity index (χ0) is 13.8. The number of rotatable bonds is 4. The molecule has 2 unspecified atom stereocenters. The SMILES string of the molecule is CC(C)Oc1ncccc1NC(=O)C1C=CC(N)C1. The number of carbonyl (C=O) groups is 1. The number of aromatic nitrogens is 1. The Morgan fingerprint density at radius 2 is 2.32 bits per heavy atom. The number of amides is 1. The summed E-state index contributed by atoms with van der Waals surface area (Å²) < 4.78 is 5.56. The molecule has 102 valence electrons. The van der Waals surface area contributed by atoms with Crippen LogP contribution in [0.25, 0.3) is 0 Å². The Morgan fingerprint density at radius 3 is 2.95 bits per heavy atom. The lowest BCUT2D eigenvalue weighted by Gasteiger charge is -2.15. The number of hydrogen-bond acceptors (Lipinski definition) is 4. The number of ether oxygens (including phenoxy) is 1. The zero-order valence-corrected chi connectivity index (χ0v) is 11.2. The van der Waals surface area contributed by atoms with Gasteiger partial charge in [-0.1, -0.05) is 12.2 Å². The molecule has 0 spiro atoms. The summed E-state index contributed by atoms with van der Waals surface area (Å²) in [4.78, 5) is 16.2. The Morgan fingerprint density at radius 1 is 1.53 bits per heavy atom. The highest BCUT2D eigenvalue weighted by molar-refractivity contribution is 5.95. The summed E-state index contributed by atoms with van der Waals surface area (Å²) >= 11 is 0. The summed E-state index contributed by atoms with van der Waals surface area (Å²) in [5, 5.41) is 2.85. The van der Waals surface area contributed by atoms with Crippen LogP contribution >= 0.6 is 0 Å². The third kappa shape index (κ3) is 3.54. The molecule has 1 amide bonds. The Hall–Kier alpha value is -1.88. The molecular formula is C14H19N3O2. The smallest absolute Gasteiger partial charge is 0.238 e. The molecule has 1 aromatic rings. The molecule has 3 N–H and O–H groups in total. The summed E-state index contributed by atoms with van der Waals surface area (Å²) in [5.41, 5.74) is 6.34. The number of nitrogens with two attached hydrogens (primary N) is 1. The predicted molar refractivity (Wildman–Crippen MR) is 73.9 cm³/mol. The highest BCUT2D eigenvalue weighted by atomic mass is 16.5. The first-order valence-electron chi connectivity index (χ1n) is 6.42. The van der Waals surface area contributed by atoms with Crippen LogP contribution in [-0.2, 0) is 4.79 Å². The second-order valence-electron chi connectivity index (χ2n) is 4.90. The van der Waals surface area contributed by atoms with Crippen molar-refractivity contribution in [3.05, 3.63) is 30.5 Å². The minimum atomic E-state index is -0.179. The van der Waals surface area contributed by atoms with E-state index in [0.717, 1.165) is 0 Å². The molecular weight excluding hydrogens is 242 g/mol. The Bertz CT molecular complexity index is 485. The van der Waals surface area contributed by atoms with Crippen molar-refractivity contribution in [3.8, 4) is 5.88 Å². The van der Waals surface area contributed by atoms with Gasteiger partial charge < -0.3 is 15.8 Å². The molecule has 1 aliphatic rings. The van der Waals surface area contributed by atoms with E-state index in [1.807, 2.05) is 26.0 Å². The molecule has 19 heavy (non-hydrogen) atoms. The van der Waals surface area contributed by atoms with Gasteiger partial charge in [-0.3, -0.25) is 4.79 Å². The van der Waals surface area contributed by atoms with Gasteiger partial charge in [-0.25, -0.2) is 4.98 Å². The van der Waals surface area contributed by atoms with E-state index in [-0.39, 0.29) is 24.0 Å². The lowest BCUT2D eigenvalue weighted by atomic mass is 10.1. The summed E-state index contributed by atoms with van der Waals surface area (Å²) in [5.74, 6) is 0.185. The van der Waals surface area contributed by atoms with Crippen molar-refractivity contribution in [3.63, 3.8) is 0 Å². The second-order valence-corrected chi connectivity index (χ2v) is 4.90. The van der Waals surface area contributed by atoms with Crippen molar-refractivity contribution in [1.82, 2.24) is 4.98 Å². The normalized spacial score (nSPS) is 21.7. The van der Waals surface area contributed by atoms with Crippen LogP contribution < -0.4 is 15.8 Å². The average Bonchev–Trinajstić information content (AvgIpc) is 2.78. The fourth-order valence-electron chi connectivity index (χ4n) is 1.95. The summed E-state index contributed by atoms with van der Waals surface area (Å²) in [6.45, 7) is 3.83. The maximum absolute atomic E-state index is 12.1. The topological polar surface area (TPSA) is 77.2 Å². The van der Waals surface area contributed by atoms with Crippen LogP contribution in [0.2, 0.25) is 0 Å². The molecule has 1 aromatic heterocycles. The van der Waals surface area contributed by atoms with Crippen LogP contribution in [0.15, 0.2) is 30.5 Å². The third-order valence-corrected chi connectivity index (χ3v) is 2.83. The summed E-state index contributed by atoms with van der Waals surface area (Å²) in [6, 6.07) is 3.51. The Labute approximate surface area is 112 Å². The number of anilines is 1. The fourth-order valence-corrected chi connectivity index (χ4v) is 1.95. The molecule has 1 aliphatic carbocycles. The van der Waals surface area contributed by atoms with Gasteiger partial charge in [-0.15, -0.1) is 0 Å². The van der Waals surface area contributed by atoms with Gasteiger partial charge in [-0.05, 0) is 32.4 Å². The van der Waals surface area contributed by atoms with Gasteiger partial charge >= 0.3 is 0 Å². The first-order valence-corrected chi connectivity index (χ1v) is 6.42. The molecule has 0 saturated carbocycles. The lowest BCUT2D eigenvalue weighted by Crippen LogP contribution is -2.24. The van der Waals surface area contributed by atoms with Crippen LogP contribution in [0.4, 0.5) is 5.69 Å². The van der Waals surface area contributed by atoms with Gasteiger partial charge in [0.2, 0.25) is 11.8 Å². The monoisotopic (exact) mass is 261 g/mol. The van der Waals surface area contributed by atoms with E-state index in [2.05, 4.69) is 10.3 Å². The lowest BCUT2D eigenvalue weighted by molar-refractivity contribution is -0.118. The van der Waals surface area contributed by atoms with E-state index in [0.29, 0.717) is 18.0 Å². The van der Waals surface area contributed by atoms with E-state index in [9.17, 15) is 4.79 Å². The van der Waals surface area contributed by atoms with E-state index in [4.69, 9.17) is 10.5 Å². The van der Waals surface area contributed by atoms with Crippen molar-refractivity contribution in [1.29, 1.82) is 0 Å². The van der Waals surface area contributed by atoms with E-state index >= 15 is 0 Å². The summed E-state index contributed by atoms with van der Waals surface area (Å²) in [6.07, 6.45) is 5.99. The molecule has 5 nitrogen and oxygen atoms in total. The molecule has 5 heteroatoms. The quantitative estimate of drug-likeness (QED) is 0.809. The van der Waals surface area contributed by atoms with Gasteiger partial charge in [0.15, 0.2) is 0 Å². The highest BCUT2D eigenvalue weighted by Crippen LogP contribution is 2.24. The van der Waals surface area contributed by atoms with Crippen molar-refractivity contribution >= 4 is 11.6 Å². The number of carbonyl (C=O) groups excluding carboxylic acids is 1. The molecule has 0 radical (unpaired) electrons. The minimum Gasteiger partial charge on any atom is -0.473 e. The van der Waals surface area contributed by atoms with Gasteiger partial charge in [-0.2, -0.15) is 0 Å². The Balaban J connectivity index is 2.06. The Kier molecular flexibility index (Phi) is 4.16. The maximum atomic E-state index is 12.1. The molecule has 2 atom stereocenters. The van der Waals surface area contributed by atoms with Crippen LogP contribution in [0, 0.1) is 5.92 Å². The fraction of sp³-hybridized carbons (Fsp3) is 0.429. The zero-order valence-electron chi connectivity index (χ0n) is 11.2. The number of nitrogens with one attached hydrogen (secondary N) is 1. The van der Waals surface area contributed by atoms with Crippen molar-refractivity contribution < 1.29 is 9.53 Å². The molecule has 0 aromatic carbocycles. The van der Waals surface area contributed by atoms with Crippen LogP contribution in [0.5, 0.6) is 5.88 Å². The average molecular weight is 261 g/mol. The van der Waals surface area contributed by atoms with Crippen molar-refractivity contribution in [2.75, 3.05) is 5.32 Å². The first-order chi connectivity index (χ1) is 9.06. The van der Waals surface area contributed by atoms with Crippen LogP contribution in [0.1, 0.15) is 20.3 Å². The molecule has 0 saturated heterocycles. The van der Waals surface area contributed by atoms with Gasteiger partial charge in [0, 0.05) is 12.2 Å². The molecule has 1 heterocycles. The second kappa shape index (κ2) is 5.84. The van der Waals surface area contributed by atoms with Crippen molar-refractivity contribution in [2.45, 2.75) is 32.4 Å². The molecule has 0 fully saturated rings. The van der Waals surface area contributed by atoms with Crippen molar-refractivity contribution in [2.24, 2.45) is 11.7 Å². The van der Waals surface area contributed by atoms with E-state index < -0.39 is 0 Å². The predicted octanol–water partition coefficient (Wildman–Crippen LogP) is 1.71. The van der Waals surface area contributed by atoms with Gasteiger partial charge in [0.25, 0.3) is 0 Å². The van der Waals surface area contributed by atoms with E-state index in [1.165, 1.54) is 0 Å². The maximum Gasteiger partial charge on any atom is 0.238 e. The van der Waals surface area contributed by atoms with E-state index in [1.54, 1.807) is 18.3 Å². The largest absolute Gasteiger partial charge is 0.473 e. The molecule has 0 aliphatic heterocycles. The number of pyridine rings is 1. The number of hydrogen-bond donors (Lipinski definition) is 2. The number of nitrogens with zero attached hydrogens (tertiary/aromatic N) is 1.